The second-order valence-corrected chi connectivity index (χ2v) is 2.27. The van der Waals surface area contributed by atoms with Gasteiger partial charge in [0.05, 0.1) is 6.61 Å². The van der Waals surface area contributed by atoms with Crippen molar-refractivity contribution in [3.63, 3.8) is 0 Å². The van der Waals surface area contributed by atoms with Crippen molar-refractivity contribution in [3.05, 3.63) is 12.2 Å². The van der Waals surface area contributed by atoms with E-state index in [-0.39, 0.29) is 16.9 Å². The van der Waals surface area contributed by atoms with Crippen LogP contribution in [0.1, 0.15) is 26.7 Å². The van der Waals surface area contributed by atoms with Crippen LogP contribution in [0.2, 0.25) is 0 Å². The molecule has 2 nitrogen and oxygen atoms in total. The molecule has 0 aliphatic heterocycles. The van der Waals surface area contributed by atoms with E-state index in [1.807, 2.05) is 0 Å². The van der Waals surface area contributed by atoms with Crippen LogP contribution in [-0.4, -0.2) is 23.5 Å². The Morgan fingerprint density at radius 1 is 1.55 bits per heavy atom. The van der Waals surface area contributed by atoms with E-state index in [1.165, 1.54) is 0 Å². The number of hydrogen-bond donors (Lipinski definition) is 0. The Hall–Kier alpha value is -0.573. The highest BCUT2D eigenvalue weighted by molar-refractivity contribution is 5.86. The van der Waals surface area contributed by atoms with Crippen LogP contribution in [0.5, 0.6) is 0 Å². The van der Waals surface area contributed by atoms with Crippen LogP contribution in [0, 0.1) is 0 Å². The fourth-order valence-electron chi connectivity index (χ4n) is 0.432. The van der Waals surface area contributed by atoms with Crippen molar-refractivity contribution < 1.29 is 9.53 Å². The van der Waals surface area contributed by atoms with Crippen molar-refractivity contribution in [2.24, 2.45) is 0 Å². The maximum atomic E-state index is 10.7. The summed E-state index contributed by atoms with van der Waals surface area (Å²) in [4.78, 5) is 10.7. The number of carbonyl (C=O) groups excluding carboxylic acids is 1. The average molecular weight is 170 g/mol. The number of carbonyl (C=O) groups is 1. The van der Waals surface area contributed by atoms with Crippen LogP contribution >= 0.6 is 0 Å². The molecular weight excluding hydrogens is 156 g/mol. The van der Waals surface area contributed by atoms with E-state index in [1.54, 1.807) is 6.92 Å². The quantitative estimate of drug-likeness (QED) is 0.277. The molecule has 0 saturated carbocycles. The van der Waals surface area contributed by atoms with Gasteiger partial charge in [-0.25, -0.2) is 4.79 Å². The second-order valence-electron chi connectivity index (χ2n) is 2.27. The minimum absolute atomic E-state index is 0. The van der Waals surface area contributed by atoms with E-state index >= 15 is 0 Å². The van der Waals surface area contributed by atoms with Crippen LogP contribution in [0.4, 0.5) is 0 Å². The molecule has 0 N–H and O–H groups in total. The Balaban J connectivity index is 0. The first-order chi connectivity index (χ1) is 4.68. The van der Waals surface area contributed by atoms with E-state index in [0.717, 1.165) is 12.8 Å². The summed E-state index contributed by atoms with van der Waals surface area (Å²) in [5, 5.41) is 0. The third-order valence-corrected chi connectivity index (χ3v) is 1.08. The fraction of sp³-hybridized carbons (Fsp3) is 0.625. The summed E-state index contributed by atoms with van der Waals surface area (Å²) in [5.41, 5.74) is 0.469. The van der Waals surface area contributed by atoms with Gasteiger partial charge in [-0.15, -0.1) is 0 Å². The van der Waals surface area contributed by atoms with Crippen LogP contribution < -0.4 is 0 Å². The first kappa shape index (κ1) is 13.0. The van der Waals surface area contributed by atoms with E-state index < -0.39 is 0 Å². The van der Waals surface area contributed by atoms with Crippen molar-refractivity contribution >= 4 is 16.9 Å². The molecule has 0 unspecified atom stereocenters. The molecule has 0 aromatic carbocycles. The maximum Gasteiger partial charge on any atom is 0.333 e. The Kier molecular flexibility index (Phi) is 8.94. The molecule has 3 heteroatoms. The van der Waals surface area contributed by atoms with Crippen molar-refractivity contribution in [3.8, 4) is 0 Å². The van der Waals surface area contributed by atoms with Gasteiger partial charge in [-0.2, -0.15) is 0 Å². The molecule has 0 amide bonds. The number of esters is 1. The smallest absolute Gasteiger partial charge is 0.333 e. The molecule has 0 bridgehead atoms. The molecule has 0 aliphatic carbocycles. The average Bonchev–Trinajstić information content (AvgIpc) is 1.88. The molecule has 0 fully saturated rings. The normalized spacial score (nSPS) is 8.18. The first-order valence-corrected chi connectivity index (χ1v) is 3.51. The van der Waals surface area contributed by atoms with E-state index in [9.17, 15) is 4.79 Å². The van der Waals surface area contributed by atoms with Gasteiger partial charge in [0.15, 0.2) is 0 Å². The zero-order chi connectivity index (χ0) is 7.98. The highest BCUT2D eigenvalue weighted by Crippen LogP contribution is 1.94. The van der Waals surface area contributed by atoms with Gasteiger partial charge >= 0.3 is 5.97 Å². The third-order valence-electron chi connectivity index (χ3n) is 1.08. The van der Waals surface area contributed by atoms with Crippen LogP contribution in [0.25, 0.3) is 0 Å². The lowest BCUT2D eigenvalue weighted by Gasteiger charge is -2.01. The number of unbranched alkanes of at least 4 members (excludes halogenated alkanes) is 1. The fourth-order valence-corrected chi connectivity index (χ4v) is 0.432. The molecule has 0 aliphatic rings. The maximum absolute atomic E-state index is 10.7. The lowest BCUT2D eigenvalue weighted by molar-refractivity contribution is -0.139. The monoisotopic (exact) mass is 170 g/mol. The van der Waals surface area contributed by atoms with E-state index in [2.05, 4.69) is 13.5 Å². The Morgan fingerprint density at radius 2 is 2.09 bits per heavy atom. The van der Waals surface area contributed by atoms with E-state index in [0.29, 0.717) is 12.2 Å². The minimum atomic E-state index is -0.284. The molecule has 0 aromatic rings. The van der Waals surface area contributed by atoms with Gasteiger partial charge in [0.2, 0.25) is 0 Å². The van der Waals surface area contributed by atoms with Gasteiger partial charge in [0.25, 0.3) is 0 Å². The summed E-state index contributed by atoms with van der Waals surface area (Å²) in [5.74, 6) is -0.284. The number of hydrogen-bond acceptors (Lipinski definition) is 2. The molecule has 62 valence electrons. The highest BCUT2D eigenvalue weighted by Gasteiger charge is 2.00. The molecule has 0 saturated heterocycles. The molecule has 0 heterocycles. The predicted molar refractivity (Wildman–Crippen MR) is 46.4 cm³/mol. The lowest BCUT2D eigenvalue weighted by Crippen LogP contribution is -2.05. The van der Waals surface area contributed by atoms with Gasteiger partial charge < -0.3 is 4.74 Å². The zero-order valence-corrected chi connectivity index (χ0v) is 8.14. The van der Waals surface area contributed by atoms with Crippen LogP contribution in [0.15, 0.2) is 12.2 Å². The van der Waals surface area contributed by atoms with Crippen molar-refractivity contribution in [1.29, 1.82) is 0 Å². The summed E-state index contributed by atoms with van der Waals surface area (Å²) in [6.45, 7) is 7.67. The van der Waals surface area contributed by atoms with Crippen molar-refractivity contribution in [2.75, 3.05) is 6.61 Å². The summed E-state index contributed by atoms with van der Waals surface area (Å²) >= 11 is 0. The molecule has 0 aromatic heterocycles. The van der Waals surface area contributed by atoms with Gasteiger partial charge in [-0.1, -0.05) is 19.9 Å². The predicted octanol–water partition coefficient (Wildman–Crippen LogP) is 1.52. The number of rotatable bonds is 4. The molecular formula is C8H14O2Si. The topological polar surface area (TPSA) is 26.3 Å². The summed E-state index contributed by atoms with van der Waals surface area (Å²) in [7, 11) is 0. The van der Waals surface area contributed by atoms with Gasteiger partial charge in [-0.3, -0.25) is 0 Å². The standard InChI is InChI=1S/C8H14O2.Si/c1-4-5-6-10-8(9)7(2)3;/h2,4-6H2,1,3H3;. The Labute approximate surface area is 72.7 Å². The minimum Gasteiger partial charge on any atom is -0.462 e. The zero-order valence-electron chi connectivity index (χ0n) is 7.14. The Bertz CT molecular complexity index is 132. The first-order valence-electron chi connectivity index (χ1n) is 3.51. The Morgan fingerprint density at radius 3 is 2.45 bits per heavy atom. The molecule has 0 spiro atoms. The highest BCUT2D eigenvalue weighted by atomic mass is 28.1. The summed E-state index contributed by atoms with van der Waals surface area (Å²) < 4.78 is 4.81. The van der Waals surface area contributed by atoms with Gasteiger partial charge in [0, 0.05) is 16.5 Å². The summed E-state index contributed by atoms with van der Waals surface area (Å²) in [6.07, 6.45) is 1.97. The van der Waals surface area contributed by atoms with Crippen LogP contribution in [0.3, 0.4) is 0 Å². The largest absolute Gasteiger partial charge is 0.462 e. The number of ether oxygens (including phenoxy) is 1. The molecule has 0 rings (SSSR count). The molecule has 0 atom stereocenters. The van der Waals surface area contributed by atoms with Crippen molar-refractivity contribution in [1.82, 2.24) is 0 Å². The lowest BCUT2D eigenvalue weighted by atomic mass is 10.3. The van der Waals surface area contributed by atoms with Gasteiger partial charge in [-0.05, 0) is 13.3 Å². The van der Waals surface area contributed by atoms with Gasteiger partial charge in [0.1, 0.15) is 0 Å². The second kappa shape index (κ2) is 7.53. The third kappa shape index (κ3) is 7.32. The van der Waals surface area contributed by atoms with E-state index in [4.69, 9.17) is 4.74 Å². The molecule has 11 heavy (non-hydrogen) atoms. The summed E-state index contributed by atoms with van der Waals surface area (Å²) in [6, 6.07) is 0. The van der Waals surface area contributed by atoms with Crippen molar-refractivity contribution in [2.45, 2.75) is 26.7 Å². The SMILES string of the molecule is C=C(C)C(=O)OCCCC.[Si]. The van der Waals surface area contributed by atoms with Crippen LogP contribution in [-0.2, 0) is 9.53 Å². The molecule has 4 radical (unpaired) electrons.